The summed E-state index contributed by atoms with van der Waals surface area (Å²) in [5.41, 5.74) is 1.52. The van der Waals surface area contributed by atoms with Crippen molar-refractivity contribution in [2.24, 2.45) is 5.92 Å². The summed E-state index contributed by atoms with van der Waals surface area (Å²) in [6, 6.07) is 18.4. The smallest absolute Gasteiger partial charge is 0.322 e. The number of anilines is 1. The molecule has 0 saturated carbocycles. The number of carbonyl (C=O) groups excluding carboxylic acids is 2. The molecule has 0 aliphatic carbocycles. The second kappa shape index (κ2) is 9.47. The Balaban J connectivity index is 1.49. The van der Waals surface area contributed by atoms with Crippen LogP contribution in [0.3, 0.4) is 0 Å². The first-order valence-corrected chi connectivity index (χ1v) is 10.3. The zero-order valence-electron chi connectivity index (χ0n) is 17.0. The summed E-state index contributed by atoms with van der Waals surface area (Å²) in [6.07, 6.45) is 2.79. The maximum Gasteiger partial charge on any atom is 0.322 e. The first kappa shape index (κ1) is 20.7. The number of carbonyl (C=O) groups is 2. The van der Waals surface area contributed by atoms with Gasteiger partial charge in [-0.05, 0) is 54.8 Å². The number of rotatable bonds is 5. The summed E-state index contributed by atoms with van der Waals surface area (Å²) in [7, 11) is 0. The lowest BCUT2D eigenvalue weighted by molar-refractivity contribution is -0.127. The standard InChI is InChI=1S/C24H24FN3O3/c25-19-11-8-17(9-12-19)22-13-10-18(23(29)26-15-21-7-4-14-31-21)16-28(22)24(30)27-20-5-2-1-3-6-20/h1-9,11-12,14,18,22H,10,13,15-16H2,(H,26,29)(H,27,30)/t18-,22+/m1/s1. The van der Waals surface area contributed by atoms with Gasteiger partial charge in [0.05, 0.1) is 24.8 Å². The largest absolute Gasteiger partial charge is 0.467 e. The summed E-state index contributed by atoms with van der Waals surface area (Å²) in [6.45, 7) is 0.574. The number of benzene rings is 2. The van der Waals surface area contributed by atoms with Crippen molar-refractivity contribution >= 4 is 17.6 Å². The first-order valence-electron chi connectivity index (χ1n) is 10.3. The zero-order chi connectivity index (χ0) is 21.6. The lowest BCUT2D eigenvalue weighted by atomic mass is 9.88. The third kappa shape index (κ3) is 5.12. The molecule has 2 heterocycles. The Labute approximate surface area is 180 Å². The van der Waals surface area contributed by atoms with Crippen molar-refractivity contribution in [2.45, 2.75) is 25.4 Å². The van der Waals surface area contributed by atoms with Gasteiger partial charge in [0.2, 0.25) is 5.91 Å². The van der Waals surface area contributed by atoms with E-state index in [2.05, 4.69) is 10.6 Å². The predicted molar refractivity (Wildman–Crippen MR) is 115 cm³/mol. The van der Waals surface area contributed by atoms with Crippen molar-refractivity contribution in [3.05, 3.63) is 90.1 Å². The van der Waals surface area contributed by atoms with Crippen LogP contribution >= 0.6 is 0 Å². The number of likely N-dealkylation sites (tertiary alicyclic amines) is 1. The average Bonchev–Trinajstić information content (AvgIpc) is 3.32. The molecule has 0 bridgehead atoms. The molecular weight excluding hydrogens is 397 g/mol. The van der Waals surface area contributed by atoms with E-state index in [-0.39, 0.29) is 36.3 Å². The third-order valence-electron chi connectivity index (χ3n) is 5.51. The van der Waals surface area contributed by atoms with Gasteiger partial charge in [0.1, 0.15) is 11.6 Å². The number of nitrogens with one attached hydrogen (secondary N) is 2. The van der Waals surface area contributed by atoms with Crippen molar-refractivity contribution in [3.63, 3.8) is 0 Å². The minimum atomic E-state index is -0.340. The lowest BCUT2D eigenvalue weighted by Gasteiger charge is -2.39. The molecule has 2 aromatic carbocycles. The van der Waals surface area contributed by atoms with Crippen molar-refractivity contribution < 1.29 is 18.4 Å². The SMILES string of the molecule is O=C(NCc1ccco1)[C@@H]1CC[C@@H](c2ccc(F)cc2)N(C(=O)Nc2ccccc2)C1. The Morgan fingerprint density at radius 2 is 1.77 bits per heavy atom. The topological polar surface area (TPSA) is 74.6 Å². The fourth-order valence-electron chi connectivity index (χ4n) is 3.89. The van der Waals surface area contributed by atoms with E-state index in [9.17, 15) is 14.0 Å². The van der Waals surface area contributed by atoms with E-state index in [1.807, 2.05) is 30.3 Å². The second-order valence-electron chi connectivity index (χ2n) is 7.59. The fraction of sp³-hybridized carbons (Fsp3) is 0.250. The Bertz CT molecular complexity index is 1010. The quantitative estimate of drug-likeness (QED) is 0.626. The van der Waals surface area contributed by atoms with Crippen LogP contribution in [0.1, 0.15) is 30.2 Å². The number of hydrogen-bond donors (Lipinski definition) is 2. The molecule has 1 aliphatic heterocycles. The summed E-state index contributed by atoms with van der Waals surface area (Å²) in [5, 5.41) is 5.79. The molecule has 31 heavy (non-hydrogen) atoms. The van der Waals surface area contributed by atoms with Gasteiger partial charge in [-0.15, -0.1) is 0 Å². The Kier molecular flexibility index (Phi) is 6.31. The van der Waals surface area contributed by atoms with E-state index in [0.717, 1.165) is 5.56 Å². The number of hydrogen-bond acceptors (Lipinski definition) is 3. The van der Waals surface area contributed by atoms with Gasteiger partial charge in [-0.1, -0.05) is 30.3 Å². The number of furan rings is 1. The molecule has 4 rings (SSSR count). The molecule has 1 aromatic heterocycles. The molecule has 1 aliphatic rings. The van der Waals surface area contributed by atoms with Gasteiger partial charge in [0.15, 0.2) is 0 Å². The third-order valence-corrected chi connectivity index (χ3v) is 5.51. The van der Waals surface area contributed by atoms with E-state index in [0.29, 0.717) is 30.8 Å². The van der Waals surface area contributed by atoms with Crippen molar-refractivity contribution in [3.8, 4) is 0 Å². The van der Waals surface area contributed by atoms with Gasteiger partial charge >= 0.3 is 6.03 Å². The van der Waals surface area contributed by atoms with Crippen molar-refractivity contribution in [1.29, 1.82) is 0 Å². The molecule has 1 saturated heterocycles. The highest BCUT2D eigenvalue weighted by molar-refractivity contribution is 5.90. The van der Waals surface area contributed by atoms with Gasteiger partial charge in [-0.3, -0.25) is 4.79 Å². The lowest BCUT2D eigenvalue weighted by Crippen LogP contribution is -2.48. The van der Waals surface area contributed by atoms with Crippen molar-refractivity contribution in [2.75, 3.05) is 11.9 Å². The summed E-state index contributed by atoms with van der Waals surface area (Å²) >= 11 is 0. The van der Waals surface area contributed by atoms with Gasteiger partial charge in [-0.2, -0.15) is 0 Å². The minimum absolute atomic E-state index is 0.119. The van der Waals surface area contributed by atoms with E-state index in [1.165, 1.54) is 12.1 Å². The number of amides is 3. The van der Waals surface area contributed by atoms with Crippen molar-refractivity contribution in [1.82, 2.24) is 10.2 Å². The number of urea groups is 1. The Morgan fingerprint density at radius 1 is 1.00 bits per heavy atom. The van der Waals surface area contributed by atoms with Crippen LogP contribution in [0.2, 0.25) is 0 Å². The minimum Gasteiger partial charge on any atom is -0.467 e. The van der Waals surface area contributed by atoms with Crippen LogP contribution in [0.5, 0.6) is 0 Å². The van der Waals surface area contributed by atoms with Crippen LogP contribution in [0.25, 0.3) is 0 Å². The highest BCUT2D eigenvalue weighted by Crippen LogP contribution is 2.34. The van der Waals surface area contributed by atoms with Crippen LogP contribution in [-0.4, -0.2) is 23.4 Å². The van der Waals surface area contributed by atoms with Gasteiger partial charge in [0.25, 0.3) is 0 Å². The van der Waals surface area contributed by atoms with E-state index < -0.39 is 0 Å². The number of para-hydroxylation sites is 1. The van der Waals surface area contributed by atoms with Crippen LogP contribution in [-0.2, 0) is 11.3 Å². The molecular formula is C24H24FN3O3. The Hall–Kier alpha value is -3.61. The normalized spacial score (nSPS) is 18.4. The highest BCUT2D eigenvalue weighted by Gasteiger charge is 2.35. The number of nitrogens with zero attached hydrogens (tertiary/aromatic N) is 1. The molecule has 3 aromatic rings. The van der Waals surface area contributed by atoms with Gasteiger partial charge in [0, 0.05) is 12.2 Å². The van der Waals surface area contributed by atoms with Crippen LogP contribution < -0.4 is 10.6 Å². The number of piperidine rings is 1. The molecule has 0 unspecified atom stereocenters. The highest BCUT2D eigenvalue weighted by atomic mass is 19.1. The molecule has 7 heteroatoms. The molecule has 2 atom stereocenters. The molecule has 0 spiro atoms. The van der Waals surface area contributed by atoms with Crippen LogP contribution in [0.4, 0.5) is 14.9 Å². The summed E-state index contributed by atoms with van der Waals surface area (Å²) in [5.74, 6) is -0.110. The van der Waals surface area contributed by atoms with Gasteiger partial charge < -0.3 is 20.0 Å². The maximum absolute atomic E-state index is 13.4. The summed E-state index contributed by atoms with van der Waals surface area (Å²) in [4.78, 5) is 27.5. The van der Waals surface area contributed by atoms with Crippen LogP contribution in [0.15, 0.2) is 77.4 Å². The number of halogens is 1. The Morgan fingerprint density at radius 3 is 2.48 bits per heavy atom. The molecule has 1 fully saturated rings. The molecule has 160 valence electrons. The molecule has 6 nitrogen and oxygen atoms in total. The summed E-state index contributed by atoms with van der Waals surface area (Å²) < 4.78 is 18.7. The van der Waals surface area contributed by atoms with E-state index in [1.54, 1.807) is 35.4 Å². The first-order chi connectivity index (χ1) is 15.1. The fourth-order valence-corrected chi connectivity index (χ4v) is 3.89. The molecule has 3 amide bonds. The molecule has 2 N–H and O–H groups in total. The van der Waals surface area contributed by atoms with E-state index >= 15 is 0 Å². The zero-order valence-corrected chi connectivity index (χ0v) is 17.0. The average molecular weight is 421 g/mol. The maximum atomic E-state index is 13.4. The predicted octanol–water partition coefficient (Wildman–Crippen LogP) is 4.72. The monoisotopic (exact) mass is 421 g/mol. The molecule has 0 radical (unpaired) electrons. The van der Waals surface area contributed by atoms with E-state index in [4.69, 9.17) is 4.42 Å². The van der Waals surface area contributed by atoms with Crippen LogP contribution in [0, 0.1) is 11.7 Å². The second-order valence-corrected chi connectivity index (χ2v) is 7.59. The van der Waals surface area contributed by atoms with Gasteiger partial charge in [-0.25, -0.2) is 9.18 Å².